The molecule has 3 aliphatic rings. The van der Waals surface area contributed by atoms with Gasteiger partial charge in [-0.1, -0.05) is 24.0 Å². The molecule has 4 heterocycles. The Morgan fingerprint density at radius 2 is 1.88 bits per heavy atom. The zero-order chi connectivity index (χ0) is 37.2. The Balaban J connectivity index is 0.968. The first-order valence-corrected chi connectivity index (χ1v) is 17.9. The maximum atomic E-state index is 15.3. The van der Waals surface area contributed by atoms with Crippen molar-refractivity contribution in [1.29, 1.82) is 0 Å². The standard InChI is InChI=1S/C37H46F3N7O5/c1-37(2,3)52-36(50)41-28-21-47(44-32(28)34(39)40)24-12-10-22(11-13-24)19-46-17-16-29(27(38)20-46)51-18-6-8-23-7-5-9-25-31(43-45(4)33(23)25)26-14-15-30(48)42-35(26)49/h5,7,9,21-22,24,26-27,29,34H,10-20H2,1-4H3,(H,41,50)(H,42,48,49)/t22?,24?,26?,27-,29+/m1/s1. The van der Waals surface area contributed by atoms with Crippen LogP contribution >= 0.6 is 0 Å². The number of para-hydroxylation sites is 1. The maximum Gasteiger partial charge on any atom is 0.412 e. The van der Waals surface area contributed by atoms with Gasteiger partial charge in [-0.25, -0.2) is 18.0 Å². The number of ether oxygens (including phenoxy) is 2. The van der Waals surface area contributed by atoms with E-state index >= 15 is 4.39 Å². The van der Waals surface area contributed by atoms with Gasteiger partial charge in [0.2, 0.25) is 11.8 Å². The van der Waals surface area contributed by atoms with Crippen LogP contribution in [0.25, 0.3) is 10.9 Å². The number of aromatic nitrogens is 4. The second kappa shape index (κ2) is 15.7. The van der Waals surface area contributed by atoms with Gasteiger partial charge in [0, 0.05) is 44.7 Å². The minimum absolute atomic E-state index is 0.0529. The molecule has 0 spiro atoms. The highest BCUT2D eigenvalue weighted by atomic mass is 19.3. The Morgan fingerprint density at radius 3 is 2.58 bits per heavy atom. The Bertz CT molecular complexity index is 1850. The van der Waals surface area contributed by atoms with E-state index in [-0.39, 0.29) is 43.1 Å². The van der Waals surface area contributed by atoms with E-state index < -0.39 is 42.0 Å². The Morgan fingerprint density at radius 1 is 1.12 bits per heavy atom. The summed E-state index contributed by atoms with van der Waals surface area (Å²) in [6.07, 6.45) is 0.480. The number of hydrogen-bond donors (Lipinski definition) is 2. The summed E-state index contributed by atoms with van der Waals surface area (Å²) in [5.74, 6) is 5.37. The molecule has 1 aromatic carbocycles. The number of carbonyl (C=O) groups excluding carboxylic acids is 3. The lowest BCUT2D eigenvalue weighted by Gasteiger charge is -2.38. The largest absolute Gasteiger partial charge is 0.444 e. The van der Waals surface area contributed by atoms with Crippen molar-refractivity contribution in [3.8, 4) is 11.8 Å². The van der Waals surface area contributed by atoms with E-state index in [2.05, 4.69) is 37.6 Å². The van der Waals surface area contributed by atoms with Gasteiger partial charge in [-0.3, -0.25) is 34.5 Å². The number of halogens is 3. The van der Waals surface area contributed by atoms with Crippen molar-refractivity contribution >= 4 is 34.5 Å². The molecule has 2 N–H and O–H groups in total. The molecule has 52 heavy (non-hydrogen) atoms. The fraction of sp³-hybridized carbons (Fsp3) is 0.595. The van der Waals surface area contributed by atoms with Crippen LogP contribution in [-0.4, -0.2) is 86.5 Å². The quantitative estimate of drug-likeness (QED) is 0.221. The van der Waals surface area contributed by atoms with Crippen molar-refractivity contribution in [3.05, 3.63) is 41.3 Å². The molecule has 3 aromatic rings. The lowest BCUT2D eigenvalue weighted by atomic mass is 9.85. The SMILES string of the molecule is Cn1nc(C2CCC(=O)NC2=O)c2cccc(C#CCO[C@H]3CCN(CC4CCC(n5cc(NC(=O)OC(C)(C)C)c(C(F)F)n5)CC4)C[C@H]3F)c21. The number of fused-ring (bicyclic) bond motifs is 1. The van der Waals surface area contributed by atoms with Crippen molar-refractivity contribution in [2.24, 2.45) is 13.0 Å². The van der Waals surface area contributed by atoms with Gasteiger partial charge in [0.25, 0.3) is 6.43 Å². The lowest BCUT2D eigenvalue weighted by molar-refractivity contribution is -0.134. The third-order valence-electron chi connectivity index (χ3n) is 9.93. The number of benzene rings is 1. The minimum atomic E-state index is -2.85. The van der Waals surface area contributed by atoms with Gasteiger partial charge >= 0.3 is 6.09 Å². The number of aryl methyl sites for hydroxylation is 1. The summed E-state index contributed by atoms with van der Waals surface area (Å²) in [4.78, 5) is 38.5. The van der Waals surface area contributed by atoms with Gasteiger partial charge in [-0.05, 0) is 71.3 Å². The topological polar surface area (TPSA) is 133 Å². The third-order valence-corrected chi connectivity index (χ3v) is 9.93. The highest BCUT2D eigenvalue weighted by molar-refractivity contribution is 6.02. The number of amides is 3. The predicted molar refractivity (Wildman–Crippen MR) is 186 cm³/mol. The van der Waals surface area contributed by atoms with Crippen LogP contribution in [0, 0.1) is 17.8 Å². The van der Waals surface area contributed by atoms with Gasteiger partial charge in [-0.15, -0.1) is 0 Å². The van der Waals surface area contributed by atoms with E-state index in [9.17, 15) is 23.2 Å². The van der Waals surface area contributed by atoms with Gasteiger partial charge < -0.3 is 9.47 Å². The molecule has 3 atom stereocenters. The summed E-state index contributed by atoms with van der Waals surface area (Å²) in [5, 5.41) is 14.3. The highest BCUT2D eigenvalue weighted by Gasteiger charge is 2.34. The molecule has 1 saturated carbocycles. The minimum Gasteiger partial charge on any atom is -0.444 e. The van der Waals surface area contributed by atoms with Gasteiger partial charge in [0.1, 0.15) is 18.4 Å². The number of anilines is 1. The van der Waals surface area contributed by atoms with Gasteiger partial charge in [0.15, 0.2) is 5.69 Å². The number of hydrogen-bond acceptors (Lipinski definition) is 8. The summed E-state index contributed by atoms with van der Waals surface area (Å²) < 4.78 is 57.1. The maximum absolute atomic E-state index is 15.3. The molecule has 3 amide bonds. The Labute approximate surface area is 300 Å². The Hall–Kier alpha value is -4.42. The average Bonchev–Trinajstić information content (AvgIpc) is 3.65. The number of nitrogens with zero attached hydrogens (tertiary/aromatic N) is 5. The summed E-state index contributed by atoms with van der Waals surface area (Å²) in [7, 11) is 1.79. The molecule has 1 aliphatic carbocycles. The second-order valence-corrected chi connectivity index (χ2v) is 14.9. The first-order chi connectivity index (χ1) is 24.8. The molecule has 2 aromatic heterocycles. The molecule has 12 nitrogen and oxygen atoms in total. The molecule has 3 fully saturated rings. The molecular weight excluding hydrogens is 679 g/mol. The van der Waals surface area contributed by atoms with Crippen LogP contribution < -0.4 is 10.6 Å². The molecular formula is C37H46F3N7O5. The fourth-order valence-electron chi connectivity index (χ4n) is 7.48. The van der Waals surface area contributed by atoms with Gasteiger partial charge in [0.05, 0.1) is 40.5 Å². The first-order valence-electron chi connectivity index (χ1n) is 17.9. The predicted octanol–water partition coefficient (Wildman–Crippen LogP) is 5.79. The van der Waals surface area contributed by atoms with Crippen molar-refractivity contribution in [3.63, 3.8) is 0 Å². The van der Waals surface area contributed by atoms with Crippen LogP contribution in [0.15, 0.2) is 24.4 Å². The van der Waals surface area contributed by atoms with Crippen LogP contribution in [0.4, 0.5) is 23.7 Å². The van der Waals surface area contributed by atoms with E-state index in [0.29, 0.717) is 31.0 Å². The number of likely N-dealkylation sites (tertiary alicyclic amines) is 1. The smallest absolute Gasteiger partial charge is 0.412 e. The molecule has 2 aliphatic heterocycles. The van der Waals surface area contributed by atoms with Crippen molar-refractivity contribution in [2.45, 2.75) is 102 Å². The summed E-state index contributed by atoms with van der Waals surface area (Å²) >= 11 is 0. The Kier molecular flexibility index (Phi) is 11.3. The molecule has 2 saturated heterocycles. The van der Waals surface area contributed by atoms with Crippen LogP contribution in [0.1, 0.15) is 101 Å². The highest BCUT2D eigenvalue weighted by Crippen LogP contribution is 2.36. The fourth-order valence-corrected chi connectivity index (χ4v) is 7.48. The van der Waals surface area contributed by atoms with Crippen LogP contribution in [0.3, 0.4) is 0 Å². The van der Waals surface area contributed by atoms with Crippen molar-refractivity contribution in [2.75, 3.05) is 31.6 Å². The van der Waals surface area contributed by atoms with Crippen molar-refractivity contribution < 1.29 is 37.0 Å². The monoisotopic (exact) mass is 725 g/mol. The molecule has 15 heteroatoms. The molecule has 0 bridgehead atoms. The summed E-state index contributed by atoms with van der Waals surface area (Å²) in [6, 6.07) is 5.54. The molecule has 6 rings (SSSR count). The lowest BCUT2D eigenvalue weighted by Crippen LogP contribution is -2.47. The number of imide groups is 1. The van der Waals surface area contributed by atoms with Crippen LogP contribution in [0.2, 0.25) is 0 Å². The molecule has 1 unspecified atom stereocenters. The molecule has 0 radical (unpaired) electrons. The average molecular weight is 726 g/mol. The van der Waals surface area contributed by atoms with Crippen LogP contribution in [-0.2, 0) is 26.1 Å². The number of nitrogens with one attached hydrogen (secondary N) is 2. The normalized spacial score (nSPS) is 24.4. The number of carbonyl (C=O) groups is 3. The number of rotatable bonds is 8. The zero-order valence-electron chi connectivity index (χ0n) is 30.0. The summed E-state index contributed by atoms with van der Waals surface area (Å²) in [5.41, 5.74) is 0.813. The van der Waals surface area contributed by atoms with E-state index in [1.807, 2.05) is 18.2 Å². The van der Waals surface area contributed by atoms with Gasteiger partial charge in [-0.2, -0.15) is 10.2 Å². The third kappa shape index (κ3) is 8.78. The van der Waals surface area contributed by atoms with E-state index in [1.54, 1.807) is 32.5 Å². The zero-order valence-corrected chi connectivity index (χ0v) is 30.0. The van der Waals surface area contributed by atoms with Crippen molar-refractivity contribution in [1.82, 2.24) is 29.8 Å². The number of piperidine rings is 2. The van der Waals surface area contributed by atoms with E-state index in [1.165, 1.54) is 10.9 Å². The summed E-state index contributed by atoms with van der Waals surface area (Å²) in [6.45, 7) is 6.88. The van der Waals surface area contributed by atoms with E-state index in [4.69, 9.17) is 9.47 Å². The second-order valence-electron chi connectivity index (χ2n) is 14.9. The molecule has 280 valence electrons. The van der Waals surface area contributed by atoms with Crippen LogP contribution in [0.5, 0.6) is 0 Å². The number of alkyl halides is 3. The van der Waals surface area contributed by atoms with E-state index in [0.717, 1.165) is 48.7 Å². The first kappa shape index (κ1) is 37.3.